The number of alkyl halides is 1. The van der Waals surface area contributed by atoms with Gasteiger partial charge >= 0.3 is 0 Å². The number of likely N-dealkylation sites (tertiary alicyclic amines) is 1. The second-order valence-electron chi connectivity index (χ2n) is 11.3. The van der Waals surface area contributed by atoms with Gasteiger partial charge in [-0.3, -0.25) is 13.8 Å². The molecule has 0 saturated carbocycles. The number of piperidine rings is 2. The zero-order valence-electron chi connectivity index (χ0n) is 22.9. The van der Waals surface area contributed by atoms with Gasteiger partial charge in [-0.1, -0.05) is 40.8 Å². The lowest BCUT2D eigenvalue weighted by Crippen LogP contribution is -2.54. The molecule has 216 valence electrons. The number of allylic oxidation sites excluding steroid dienone is 3. The molecule has 2 amide bonds. The van der Waals surface area contributed by atoms with Gasteiger partial charge in [0.15, 0.2) is 0 Å². The number of nitrogens with zero attached hydrogens (tertiary/aromatic N) is 5. The van der Waals surface area contributed by atoms with E-state index in [1.807, 2.05) is 11.9 Å². The first kappa shape index (κ1) is 28.1. The minimum Gasteiger partial charge on any atom is -0.378 e. The molecule has 6 rings (SSSR count). The standard InChI is InChI=1S/C28H37IN6O4S/c1-33-18-21(6-7-23(33)36)30-25-24-22(8-17-40(24)38)31-27(32-25)35-11-9-28(10-12-35,19-2-4-20(29)5-3-19)26(37)34-13-15-39-16-14-34/h2-4,20-21H,5-18H2,1H3,(H,30,31,32)/t20?,21-,40?/m0/s1. The number of carbonyl (C=O) groups excluding carboxylic acids is 2. The summed E-state index contributed by atoms with van der Waals surface area (Å²) in [5.41, 5.74) is 1.43. The number of aromatic nitrogens is 2. The fourth-order valence-corrected chi connectivity index (χ4v) is 8.25. The first-order valence-electron chi connectivity index (χ1n) is 14.3. The maximum atomic E-state index is 14.1. The molecule has 1 aromatic rings. The highest BCUT2D eigenvalue weighted by atomic mass is 127. The van der Waals surface area contributed by atoms with Crippen LogP contribution in [0.25, 0.3) is 0 Å². The van der Waals surface area contributed by atoms with Gasteiger partial charge in [0.2, 0.25) is 17.8 Å². The van der Waals surface area contributed by atoms with Gasteiger partial charge in [0.05, 0.1) is 35.1 Å². The number of hydrogen-bond donors (Lipinski definition) is 1. The summed E-state index contributed by atoms with van der Waals surface area (Å²) in [7, 11) is 0.686. The highest BCUT2D eigenvalue weighted by Gasteiger charge is 2.47. The van der Waals surface area contributed by atoms with Crippen molar-refractivity contribution in [1.82, 2.24) is 19.8 Å². The van der Waals surface area contributed by atoms with Gasteiger partial charge in [0.1, 0.15) is 10.7 Å². The first-order valence-corrected chi connectivity index (χ1v) is 16.9. The monoisotopic (exact) mass is 680 g/mol. The Labute approximate surface area is 251 Å². The van der Waals surface area contributed by atoms with Crippen molar-refractivity contribution in [3.8, 4) is 0 Å². The van der Waals surface area contributed by atoms with Gasteiger partial charge in [-0.15, -0.1) is 0 Å². The van der Waals surface area contributed by atoms with Gasteiger partial charge in [-0.2, -0.15) is 4.98 Å². The van der Waals surface area contributed by atoms with Crippen molar-refractivity contribution in [3.63, 3.8) is 0 Å². The summed E-state index contributed by atoms with van der Waals surface area (Å²) >= 11 is 2.44. The molecular formula is C28H37IN6O4S. The topological polar surface area (TPSA) is 108 Å². The van der Waals surface area contributed by atoms with Crippen LogP contribution in [0.4, 0.5) is 11.8 Å². The molecule has 40 heavy (non-hydrogen) atoms. The van der Waals surface area contributed by atoms with Gasteiger partial charge in [0.25, 0.3) is 0 Å². The van der Waals surface area contributed by atoms with Crippen LogP contribution in [0.15, 0.2) is 28.7 Å². The number of likely N-dealkylation sites (N-methyl/N-ethyl adjacent to an activating group) is 1. The molecule has 3 fully saturated rings. The second kappa shape index (κ2) is 11.7. The molecular weight excluding hydrogens is 643 g/mol. The van der Waals surface area contributed by atoms with E-state index in [4.69, 9.17) is 14.7 Å². The van der Waals surface area contributed by atoms with Gasteiger partial charge < -0.3 is 24.8 Å². The van der Waals surface area contributed by atoms with Crippen LogP contribution in [0.1, 0.15) is 37.8 Å². The van der Waals surface area contributed by atoms with E-state index in [0.29, 0.717) is 98.0 Å². The van der Waals surface area contributed by atoms with Crippen LogP contribution in [-0.2, 0) is 31.5 Å². The first-order chi connectivity index (χ1) is 19.3. The number of nitrogens with one attached hydrogen (secondary N) is 1. The highest BCUT2D eigenvalue weighted by Crippen LogP contribution is 2.44. The zero-order valence-corrected chi connectivity index (χ0v) is 25.9. The minimum atomic E-state index is -1.13. The van der Waals surface area contributed by atoms with E-state index in [2.05, 4.69) is 51.0 Å². The lowest BCUT2D eigenvalue weighted by Gasteiger charge is -2.45. The van der Waals surface area contributed by atoms with Crippen molar-refractivity contribution in [1.29, 1.82) is 0 Å². The molecule has 1 N–H and O–H groups in total. The molecule has 3 saturated heterocycles. The van der Waals surface area contributed by atoms with Crippen molar-refractivity contribution >= 4 is 57.0 Å². The van der Waals surface area contributed by atoms with Crippen LogP contribution in [-0.4, -0.2) is 104 Å². The van der Waals surface area contributed by atoms with E-state index < -0.39 is 16.2 Å². The largest absolute Gasteiger partial charge is 0.378 e. The summed E-state index contributed by atoms with van der Waals surface area (Å²) in [5, 5.41) is 3.52. The average molecular weight is 681 g/mol. The van der Waals surface area contributed by atoms with Crippen molar-refractivity contribution < 1.29 is 18.5 Å². The van der Waals surface area contributed by atoms with Crippen LogP contribution in [0.2, 0.25) is 0 Å². The predicted molar refractivity (Wildman–Crippen MR) is 162 cm³/mol. The summed E-state index contributed by atoms with van der Waals surface area (Å²) in [6.07, 6.45) is 10.9. The molecule has 0 aromatic carbocycles. The Morgan fingerprint density at radius 3 is 2.65 bits per heavy atom. The van der Waals surface area contributed by atoms with E-state index in [9.17, 15) is 13.8 Å². The average Bonchev–Trinajstić information content (AvgIpc) is 3.36. The number of halogens is 1. The van der Waals surface area contributed by atoms with Crippen molar-refractivity contribution in [2.45, 2.75) is 53.4 Å². The van der Waals surface area contributed by atoms with E-state index in [0.717, 1.165) is 24.1 Å². The molecule has 2 unspecified atom stereocenters. The van der Waals surface area contributed by atoms with Gasteiger partial charge in [-0.25, -0.2) is 4.98 Å². The maximum absolute atomic E-state index is 14.1. The predicted octanol–water partition coefficient (Wildman–Crippen LogP) is 2.31. The quantitative estimate of drug-likeness (QED) is 0.373. The van der Waals surface area contributed by atoms with Gasteiger partial charge in [-0.05, 0) is 31.3 Å². The molecule has 0 spiro atoms. The Morgan fingerprint density at radius 2 is 1.95 bits per heavy atom. The maximum Gasteiger partial charge on any atom is 0.233 e. The van der Waals surface area contributed by atoms with Crippen molar-refractivity contribution in [3.05, 3.63) is 29.5 Å². The Hall–Kier alpha value is -2.06. The number of fused-ring (bicyclic) bond motifs is 1. The number of aryl methyl sites for hydroxylation is 1. The van der Waals surface area contributed by atoms with Crippen LogP contribution in [0, 0.1) is 5.41 Å². The third-order valence-corrected chi connectivity index (χ3v) is 11.2. The molecule has 3 atom stereocenters. The normalized spacial score (nSPS) is 28.4. The van der Waals surface area contributed by atoms with E-state index >= 15 is 0 Å². The molecule has 10 nitrogen and oxygen atoms in total. The molecule has 5 heterocycles. The second-order valence-corrected chi connectivity index (χ2v) is 14.5. The molecule has 5 aliphatic rings. The number of anilines is 2. The highest BCUT2D eigenvalue weighted by molar-refractivity contribution is 14.1. The van der Waals surface area contributed by atoms with E-state index in [-0.39, 0.29) is 17.9 Å². The Balaban J connectivity index is 1.25. The molecule has 0 radical (unpaired) electrons. The van der Waals surface area contributed by atoms with E-state index in [1.54, 1.807) is 4.90 Å². The molecule has 4 aliphatic heterocycles. The van der Waals surface area contributed by atoms with Crippen LogP contribution in [0.5, 0.6) is 0 Å². The van der Waals surface area contributed by atoms with Crippen molar-refractivity contribution in [2.24, 2.45) is 5.41 Å². The van der Waals surface area contributed by atoms with E-state index in [1.165, 1.54) is 0 Å². The summed E-state index contributed by atoms with van der Waals surface area (Å²) in [6, 6.07) is 0.0547. The molecule has 1 aliphatic carbocycles. The number of carbonyl (C=O) groups is 2. The fourth-order valence-electron chi connectivity index (χ4n) is 6.48. The van der Waals surface area contributed by atoms with Crippen LogP contribution in [0.3, 0.4) is 0 Å². The van der Waals surface area contributed by atoms with Crippen molar-refractivity contribution in [2.75, 3.05) is 69.0 Å². The number of rotatable bonds is 5. The molecule has 1 aromatic heterocycles. The van der Waals surface area contributed by atoms with Crippen LogP contribution < -0.4 is 10.2 Å². The number of morpholine rings is 1. The Kier molecular flexibility index (Phi) is 8.19. The lowest BCUT2D eigenvalue weighted by molar-refractivity contribution is -0.145. The molecule has 0 bridgehead atoms. The third kappa shape index (κ3) is 5.42. The SMILES string of the molecule is CN1C[C@@H](Nc2nc(N3CCC(C(=O)N4CCOCC4)(C4=CCC(I)C=C4)CC3)nc3c2S(=O)CC3)CCC1=O. The third-order valence-electron chi connectivity index (χ3n) is 8.85. The smallest absolute Gasteiger partial charge is 0.233 e. The number of amides is 2. The molecule has 12 heteroatoms. The number of ether oxygens (including phenoxy) is 1. The number of hydrogen-bond acceptors (Lipinski definition) is 8. The summed E-state index contributed by atoms with van der Waals surface area (Å²) in [5.74, 6) is 2.18. The Bertz CT molecular complexity index is 1260. The minimum absolute atomic E-state index is 0.0547. The summed E-state index contributed by atoms with van der Waals surface area (Å²) in [6.45, 7) is 4.37. The summed E-state index contributed by atoms with van der Waals surface area (Å²) < 4.78 is 18.9. The summed E-state index contributed by atoms with van der Waals surface area (Å²) in [4.78, 5) is 42.5. The lowest BCUT2D eigenvalue weighted by atomic mass is 9.69. The van der Waals surface area contributed by atoms with Gasteiger partial charge in [0, 0.05) is 68.3 Å². The van der Waals surface area contributed by atoms with Crippen LogP contribution >= 0.6 is 22.6 Å². The Morgan fingerprint density at radius 1 is 1.18 bits per heavy atom. The fraction of sp³-hybridized carbons (Fsp3) is 0.643. The zero-order chi connectivity index (χ0) is 27.9.